The molecule has 0 fully saturated rings. The molecule has 1 rings (SSSR count). The van der Waals surface area contributed by atoms with Gasteiger partial charge in [0, 0.05) is 6.61 Å². The lowest BCUT2D eigenvalue weighted by molar-refractivity contribution is -0.120. The predicted molar refractivity (Wildman–Crippen MR) is 62.9 cm³/mol. The number of hydrogen-bond donors (Lipinski definition) is 1. The molecule has 0 saturated heterocycles. The molecule has 1 N–H and O–H groups in total. The van der Waals surface area contributed by atoms with Crippen LogP contribution in [0.15, 0.2) is 18.2 Å². The molecule has 0 radical (unpaired) electrons. The number of anilines is 1. The summed E-state index contributed by atoms with van der Waals surface area (Å²) < 4.78 is 22.8. The number of rotatable bonds is 5. The number of esters is 1. The van der Waals surface area contributed by atoms with Gasteiger partial charge < -0.3 is 14.8 Å². The molecule has 0 aliphatic rings. The van der Waals surface area contributed by atoms with Crippen LogP contribution in [0, 0.1) is 5.82 Å². The van der Waals surface area contributed by atoms with Crippen molar-refractivity contribution in [2.24, 2.45) is 0 Å². The van der Waals surface area contributed by atoms with Crippen molar-refractivity contribution in [1.29, 1.82) is 0 Å². The molecule has 1 aromatic carbocycles. The van der Waals surface area contributed by atoms with Crippen LogP contribution in [0.4, 0.5) is 10.1 Å². The van der Waals surface area contributed by atoms with Crippen LogP contribution >= 0.6 is 0 Å². The molecule has 5 nitrogen and oxygen atoms in total. The Morgan fingerprint density at radius 3 is 2.72 bits per heavy atom. The Morgan fingerprint density at radius 2 is 2.11 bits per heavy atom. The van der Waals surface area contributed by atoms with Gasteiger partial charge >= 0.3 is 5.97 Å². The fourth-order valence-electron chi connectivity index (χ4n) is 1.25. The van der Waals surface area contributed by atoms with E-state index in [2.05, 4.69) is 10.1 Å². The minimum absolute atomic E-state index is 0.0809. The smallest absolute Gasteiger partial charge is 0.337 e. The Balaban J connectivity index is 2.81. The molecular formula is C12H14FNO4. The van der Waals surface area contributed by atoms with Gasteiger partial charge in [0.05, 0.1) is 18.4 Å². The first kappa shape index (κ1) is 14.1. The number of amides is 1. The number of halogens is 1. The maximum atomic E-state index is 13.4. The summed E-state index contributed by atoms with van der Waals surface area (Å²) in [4.78, 5) is 22.6. The predicted octanol–water partition coefficient (Wildman–Crippen LogP) is 1.59. The van der Waals surface area contributed by atoms with Crippen LogP contribution in [0.1, 0.15) is 17.3 Å². The Labute approximate surface area is 104 Å². The molecule has 98 valence electrons. The lowest BCUT2D eigenvalue weighted by atomic mass is 10.2. The number of nitrogens with one attached hydrogen (secondary N) is 1. The van der Waals surface area contributed by atoms with Crippen molar-refractivity contribution in [3.8, 4) is 0 Å². The lowest BCUT2D eigenvalue weighted by Crippen LogP contribution is -2.19. The fraction of sp³-hybridized carbons (Fsp3) is 0.333. The van der Waals surface area contributed by atoms with Crippen LogP contribution in [0.25, 0.3) is 0 Å². The van der Waals surface area contributed by atoms with Gasteiger partial charge in [-0.3, -0.25) is 4.79 Å². The molecule has 0 unspecified atom stereocenters. The van der Waals surface area contributed by atoms with Crippen LogP contribution < -0.4 is 5.32 Å². The van der Waals surface area contributed by atoms with E-state index in [0.29, 0.717) is 6.61 Å². The van der Waals surface area contributed by atoms with E-state index >= 15 is 0 Å². The Morgan fingerprint density at radius 1 is 1.39 bits per heavy atom. The van der Waals surface area contributed by atoms with Gasteiger partial charge in [0.15, 0.2) is 0 Å². The zero-order valence-electron chi connectivity index (χ0n) is 10.2. The summed E-state index contributed by atoms with van der Waals surface area (Å²) in [6.07, 6.45) is 0. The molecule has 0 aliphatic carbocycles. The normalized spacial score (nSPS) is 9.94. The van der Waals surface area contributed by atoms with Crippen molar-refractivity contribution in [3.05, 3.63) is 29.6 Å². The number of benzene rings is 1. The van der Waals surface area contributed by atoms with Crippen molar-refractivity contribution in [1.82, 2.24) is 0 Å². The maximum absolute atomic E-state index is 13.4. The van der Waals surface area contributed by atoms with Gasteiger partial charge in [-0.2, -0.15) is 0 Å². The molecule has 1 aromatic rings. The molecule has 0 atom stereocenters. The van der Waals surface area contributed by atoms with Crippen molar-refractivity contribution in [2.75, 3.05) is 25.6 Å². The third-order valence-corrected chi connectivity index (χ3v) is 2.10. The summed E-state index contributed by atoms with van der Waals surface area (Å²) in [6, 6.07) is 3.58. The van der Waals surface area contributed by atoms with Crippen LogP contribution in [-0.2, 0) is 14.3 Å². The first-order valence-corrected chi connectivity index (χ1v) is 5.34. The largest absolute Gasteiger partial charge is 0.465 e. The highest BCUT2D eigenvalue weighted by molar-refractivity contribution is 5.95. The van der Waals surface area contributed by atoms with E-state index in [1.807, 2.05) is 0 Å². The van der Waals surface area contributed by atoms with Crippen LogP contribution in [0.3, 0.4) is 0 Å². The SMILES string of the molecule is CCOCC(=O)Nc1cc(C(=O)OC)ccc1F. The topological polar surface area (TPSA) is 64.6 Å². The molecular weight excluding hydrogens is 241 g/mol. The third kappa shape index (κ3) is 3.81. The van der Waals surface area contributed by atoms with Crippen LogP contribution in [0.5, 0.6) is 0 Å². The summed E-state index contributed by atoms with van der Waals surface area (Å²) in [5.74, 6) is -1.72. The summed E-state index contributed by atoms with van der Waals surface area (Å²) in [5, 5.41) is 2.32. The van der Waals surface area contributed by atoms with E-state index < -0.39 is 17.7 Å². The monoisotopic (exact) mass is 255 g/mol. The highest BCUT2D eigenvalue weighted by Crippen LogP contribution is 2.16. The zero-order chi connectivity index (χ0) is 13.5. The molecule has 6 heteroatoms. The van der Waals surface area contributed by atoms with Gasteiger partial charge in [-0.1, -0.05) is 0 Å². The number of carbonyl (C=O) groups excluding carboxylic acids is 2. The van der Waals surface area contributed by atoms with Crippen molar-refractivity contribution in [3.63, 3.8) is 0 Å². The average Bonchev–Trinajstić information content (AvgIpc) is 2.38. The molecule has 0 bridgehead atoms. The van der Waals surface area contributed by atoms with Gasteiger partial charge in [0.2, 0.25) is 5.91 Å². The summed E-state index contributed by atoms with van der Waals surface area (Å²) >= 11 is 0. The average molecular weight is 255 g/mol. The highest BCUT2D eigenvalue weighted by Gasteiger charge is 2.12. The fourth-order valence-corrected chi connectivity index (χ4v) is 1.25. The number of hydrogen-bond acceptors (Lipinski definition) is 4. The summed E-state index contributed by atoms with van der Waals surface area (Å²) in [6.45, 7) is 1.96. The zero-order valence-corrected chi connectivity index (χ0v) is 10.2. The minimum atomic E-state index is -0.632. The Bertz CT molecular complexity index is 448. The quantitative estimate of drug-likeness (QED) is 0.811. The maximum Gasteiger partial charge on any atom is 0.337 e. The van der Waals surface area contributed by atoms with Gasteiger partial charge in [-0.25, -0.2) is 9.18 Å². The summed E-state index contributed by atoms with van der Waals surface area (Å²) in [7, 11) is 1.22. The molecule has 0 aromatic heterocycles. The number of carbonyl (C=O) groups is 2. The molecule has 0 aliphatic heterocycles. The lowest BCUT2D eigenvalue weighted by Gasteiger charge is -2.08. The first-order valence-electron chi connectivity index (χ1n) is 5.34. The van der Waals surface area contributed by atoms with E-state index in [1.54, 1.807) is 6.92 Å². The van der Waals surface area contributed by atoms with Crippen molar-refractivity contribution >= 4 is 17.6 Å². The van der Waals surface area contributed by atoms with Gasteiger partial charge in [-0.15, -0.1) is 0 Å². The van der Waals surface area contributed by atoms with Crippen molar-refractivity contribution in [2.45, 2.75) is 6.92 Å². The molecule has 18 heavy (non-hydrogen) atoms. The second kappa shape index (κ2) is 6.70. The first-order chi connectivity index (χ1) is 8.58. The Kier molecular flexibility index (Phi) is 5.26. The van der Waals surface area contributed by atoms with E-state index in [0.717, 1.165) is 6.07 Å². The molecule has 0 saturated carbocycles. The van der Waals surface area contributed by atoms with E-state index in [1.165, 1.54) is 19.2 Å². The number of ether oxygens (including phenoxy) is 2. The van der Waals surface area contributed by atoms with E-state index in [4.69, 9.17) is 4.74 Å². The molecule has 0 spiro atoms. The van der Waals surface area contributed by atoms with Crippen LogP contribution in [-0.4, -0.2) is 32.2 Å². The second-order valence-corrected chi connectivity index (χ2v) is 3.37. The minimum Gasteiger partial charge on any atom is -0.465 e. The van der Waals surface area contributed by atoms with Crippen molar-refractivity contribution < 1.29 is 23.5 Å². The van der Waals surface area contributed by atoms with Crippen LogP contribution in [0.2, 0.25) is 0 Å². The molecule has 0 heterocycles. The second-order valence-electron chi connectivity index (χ2n) is 3.37. The standard InChI is InChI=1S/C12H14FNO4/c1-3-18-7-11(15)14-10-6-8(12(16)17-2)4-5-9(10)13/h4-6H,3,7H2,1-2H3,(H,14,15). The van der Waals surface area contributed by atoms with Gasteiger partial charge in [-0.05, 0) is 25.1 Å². The molecule has 1 amide bonds. The third-order valence-electron chi connectivity index (χ3n) is 2.10. The summed E-state index contributed by atoms with van der Waals surface area (Å²) in [5.41, 5.74) is 0.0770. The number of methoxy groups -OCH3 is 1. The van der Waals surface area contributed by atoms with Gasteiger partial charge in [0.1, 0.15) is 12.4 Å². The Hall–Kier alpha value is -1.95. The van der Waals surface area contributed by atoms with Gasteiger partial charge in [0.25, 0.3) is 0 Å². The van der Waals surface area contributed by atoms with E-state index in [9.17, 15) is 14.0 Å². The van der Waals surface area contributed by atoms with E-state index in [-0.39, 0.29) is 17.9 Å². The highest BCUT2D eigenvalue weighted by atomic mass is 19.1.